The zero-order valence-electron chi connectivity index (χ0n) is 12.4. The first kappa shape index (κ1) is 17.4. The van der Waals surface area contributed by atoms with Crippen molar-refractivity contribution in [3.63, 3.8) is 0 Å². The van der Waals surface area contributed by atoms with E-state index in [1.165, 1.54) is 0 Å². The van der Waals surface area contributed by atoms with E-state index in [1.807, 2.05) is 0 Å². The number of amides is 1. The van der Waals surface area contributed by atoms with Crippen LogP contribution >= 0.6 is 0 Å². The van der Waals surface area contributed by atoms with E-state index < -0.39 is 0 Å². The van der Waals surface area contributed by atoms with E-state index >= 15 is 0 Å². The van der Waals surface area contributed by atoms with Crippen molar-refractivity contribution in [1.82, 2.24) is 10.6 Å². The lowest BCUT2D eigenvalue weighted by atomic mass is 10.1. The molecule has 0 aliphatic heterocycles. The van der Waals surface area contributed by atoms with Gasteiger partial charge in [-0.05, 0) is 25.3 Å². The average Bonchev–Trinajstić information content (AvgIpc) is 2.29. The predicted octanol–water partition coefficient (Wildman–Crippen LogP) is 1.94. The van der Waals surface area contributed by atoms with E-state index in [9.17, 15) is 4.79 Å². The summed E-state index contributed by atoms with van der Waals surface area (Å²) in [6, 6.07) is 0.533. The third-order valence-corrected chi connectivity index (χ3v) is 2.54. The van der Waals surface area contributed by atoms with Crippen molar-refractivity contribution < 1.29 is 9.53 Å². The highest BCUT2D eigenvalue weighted by molar-refractivity contribution is 5.75. The molecule has 0 aromatic heterocycles. The molecule has 0 rings (SSSR count). The summed E-state index contributed by atoms with van der Waals surface area (Å²) in [6.07, 6.45) is 2.59. The fraction of sp³-hybridized carbons (Fsp3) is 0.929. The Kier molecular flexibility index (Phi) is 11.1. The molecule has 0 bridgehead atoms. The van der Waals surface area contributed by atoms with Gasteiger partial charge in [-0.15, -0.1) is 0 Å². The number of hydrogen-bond donors (Lipinski definition) is 2. The van der Waals surface area contributed by atoms with Crippen LogP contribution in [0.4, 0.5) is 0 Å². The molecule has 4 heteroatoms. The second-order valence-electron chi connectivity index (χ2n) is 5.36. The van der Waals surface area contributed by atoms with Gasteiger partial charge in [-0.3, -0.25) is 4.79 Å². The van der Waals surface area contributed by atoms with Crippen molar-refractivity contribution in [3.8, 4) is 0 Å². The summed E-state index contributed by atoms with van der Waals surface area (Å²) in [4.78, 5) is 11.4. The van der Waals surface area contributed by atoms with Crippen LogP contribution in [0.25, 0.3) is 0 Å². The fourth-order valence-electron chi connectivity index (χ4n) is 1.44. The van der Waals surface area contributed by atoms with Crippen molar-refractivity contribution >= 4 is 5.91 Å². The highest BCUT2D eigenvalue weighted by Crippen LogP contribution is 2.02. The van der Waals surface area contributed by atoms with E-state index in [1.54, 1.807) is 0 Å². The number of ether oxygens (including phenoxy) is 1. The quantitative estimate of drug-likeness (QED) is 0.557. The van der Waals surface area contributed by atoms with Crippen LogP contribution in [0.1, 0.15) is 47.0 Å². The first-order valence-electron chi connectivity index (χ1n) is 7.10. The van der Waals surface area contributed by atoms with Gasteiger partial charge in [-0.1, -0.05) is 27.7 Å². The molecule has 4 nitrogen and oxygen atoms in total. The van der Waals surface area contributed by atoms with Crippen LogP contribution in [0.2, 0.25) is 0 Å². The van der Waals surface area contributed by atoms with Gasteiger partial charge in [0.15, 0.2) is 0 Å². The molecule has 0 heterocycles. The molecule has 2 N–H and O–H groups in total. The number of rotatable bonds is 11. The lowest BCUT2D eigenvalue weighted by Crippen LogP contribution is -2.28. The van der Waals surface area contributed by atoms with Gasteiger partial charge < -0.3 is 15.4 Å². The Labute approximate surface area is 112 Å². The minimum atomic E-state index is 0.133. The lowest BCUT2D eigenvalue weighted by Gasteiger charge is -2.09. The normalized spacial score (nSPS) is 11.2. The van der Waals surface area contributed by atoms with E-state index in [0.717, 1.165) is 26.0 Å². The zero-order chi connectivity index (χ0) is 13.8. The van der Waals surface area contributed by atoms with E-state index in [0.29, 0.717) is 31.5 Å². The first-order chi connectivity index (χ1) is 8.52. The molecule has 0 radical (unpaired) electrons. The standard InChI is InChI=1S/C14H30N2O2/c1-12(2)6-7-14(17)16-9-11-18-10-5-8-15-13(3)4/h12-13,15H,5-11H2,1-4H3,(H,16,17). The van der Waals surface area contributed by atoms with E-state index in [4.69, 9.17) is 4.74 Å². The lowest BCUT2D eigenvalue weighted by molar-refractivity contribution is -0.121. The molecule has 1 amide bonds. The summed E-state index contributed by atoms with van der Waals surface area (Å²) in [5, 5.41) is 6.20. The topological polar surface area (TPSA) is 50.4 Å². The summed E-state index contributed by atoms with van der Waals surface area (Å²) in [5.74, 6) is 0.717. The summed E-state index contributed by atoms with van der Waals surface area (Å²) in [6.45, 7) is 11.5. The van der Waals surface area contributed by atoms with Crippen molar-refractivity contribution in [2.45, 2.75) is 53.0 Å². The number of carbonyl (C=O) groups is 1. The van der Waals surface area contributed by atoms with Crippen molar-refractivity contribution in [2.24, 2.45) is 5.92 Å². The Hall–Kier alpha value is -0.610. The first-order valence-corrected chi connectivity index (χ1v) is 7.10. The molecule has 0 saturated carbocycles. The number of nitrogens with one attached hydrogen (secondary N) is 2. The van der Waals surface area contributed by atoms with Gasteiger partial charge in [0, 0.05) is 25.6 Å². The second kappa shape index (κ2) is 11.5. The van der Waals surface area contributed by atoms with Gasteiger partial charge in [-0.2, -0.15) is 0 Å². The van der Waals surface area contributed by atoms with Crippen LogP contribution in [0.3, 0.4) is 0 Å². The number of hydrogen-bond acceptors (Lipinski definition) is 3. The van der Waals surface area contributed by atoms with Gasteiger partial charge in [0.25, 0.3) is 0 Å². The highest BCUT2D eigenvalue weighted by Gasteiger charge is 2.02. The molecule has 0 aliphatic rings. The van der Waals surface area contributed by atoms with Crippen LogP contribution in [-0.2, 0) is 9.53 Å². The zero-order valence-corrected chi connectivity index (χ0v) is 12.4. The minimum absolute atomic E-state index is 0.133. The maximum Gasteiger partial charge on any atom is 0.220 e. The van der Waals surface area contributed by atoms with Crippen LogP contribution in [0, 0.1) is 5.92 Å². The second-order valence-corrected chi connectivity index (χ2v) is 5.36. The van der Waals surface area contributed by atoms with Crippen LogP contribution in [0.15, 0.2) is 0 Å². The number of carbonyl (C=O) groups excluding carboxylic acids is 1. The summed E-state index contributed by atoms with van der Waals surface area (Å²) < 4.78 is 5.44. The molecular formula is C14H30N2O2. The molecule has 0 spiro atoms. The Bertz CT molecular complexity index is 206. The molecule has 0 aliphatic carbocycles. The maximum atomic E-state index is 11.4. The SMILES string of the molecule is CC(C)CCC(=O)NCCOCCCNC(C)C. The van der Waals surface area contributed by atoms with E-state index in [-0.39, 0.29) is 5.91 Å². The summed E-state index contributed by atoms with van der Waals surface area (Å²) >= 11 is 0. The third kappa shape index (κ3) is 13.5. The predicted molar refractivity (Wildman–Crippen MR) is 75.7 cm³/mol. The maximum absolute atomic E-state index is 11.4. The van der Waals surface area contributed by atoms with Crippen LogP contribution < -0.4 is 10.6 Å². The summed E-state index contributed by atoms with van der Waals surface area (Å²) in [7, 11) is 0. The van der Waals surface area contributed by atoms with E-state index in [2.05, 4.69) is 38.3 Å². The van der Waals surface area contributed by atoms with Crippen LogP contribution in [-0.4, -0.2) is 38.3 Å². The largest absolute Gasteiger partial charge is 0.380 e. The molecule has 108 valence electrons. The third-order valence-electron chi connectivity index (χ3n) is 2.54. The molecule has 0 atom stereocenters. The molecule has 0 aromatic carbocycles. The van der Waals surface area contributed by atoms with Crippen molar-refractivity contribution in [1.29, 1.82) is 0 Å². The molecule has 0 aromatic rings. The fourth-order valence-corrected chi connectivity index (χ4v) is 1.44. The molecule has 0 unspecified atom stereocenters. The molecular weight excluding hydrogens is 228 g/mol. The molecule has 18 heavy (non-hydrogen) atoms. The molecule has 0 fully saturated rings. The monoisotopic (exact) mass is 258 g/mol. The van der Waals surface area contributed by atoms with Gasteiger partial charge in [0.05, 0.1) is 6.61 Å². The average molecular weight is 258 g/mol. The van der Waals surface area contributed by atoms with Gasteiger partial charge in [0.2, 0.25) is 5.91 Å². The minimum Gasteiger partial charge on any atom is -0.380 e. The Balaban J connectivity index is 3.17. The van der Waals surface area contributed by atoms with Gasteiger partial charge in [0.1, 0.15) is 0 Å². The van der Waals surface area contributed by atoms with Crippen molar-refractivity contribution in [3.05, 3.63) is 0 Å². The van der Waals surface area contributed by atoms with Crippen molar-refractivity contribution in [2.75, 3.05) is 26.3 Å². The smallest absolute Gasteiger partial charge is 0.220 e. The highest BCUT2D eigenvalue weighted by atomic mass is 16.5. The Morgan fingerprint density at radius 3 is 2.44 bits per heavy atom. The summed E-state index contributed by atoms with van der Waals surface area (Å²) in [5.41, 5.74) is 0. The van der Waals surface area contributed by atoms with Gasteiger partial charge >= 0.3 is 0 Å². The van der Waals surface area contributed by atoms with Crippen LogP contribution in [0.5, 0.6) is 0 Å². The molecule has 0 saturated heterocycles. The Morgan fingerprint density at radius 2 is 1.83 bits per heavy atom. The Morgan fingerprint density at radius 1 is 1.11 bits per heavy atom. The van der Waals surface area contributed by atoms with Gasteiger partial charge in [-0.25, -0.2) is 0 Å².